The van der Waals surface area contributed by atoms with E-state index < -0.39 is 24.0 Å². The van der Waals surface area contributed by atoms with Gasteiger partial charge in [-0.1, -0.05) is 73.4 Å². The molecule has 4 aromatic heterocycles. The van der Waals surface area contributed by atoms with E-state index >= 15 is 0 Å². The molecule has 0 saturated heterocycles. The number of hydrogen-bond donors (Lipinski definition) is 1. The maximum atomic E-state index is 13.3. The van der Waals surface area contributed by atoms with Crippen molar-refractivity contribution in [3.8, 4) is 29.0 Å². The second kappa shape index (κ2) is 27.6. The van der Waals surface area contributed by atoms with Gasteiger partial charge in [-0.3, -0.25) is 32.4 Å². The minimum Gasteiger partial charge on any atom is -0.493 e. The normalized spacial score (nSPS) is 11.5. The van der Waals surface area contributed by atoms with E-state index in [-0.39, 0.29) is 90.9 Å². The summed E-state index contributed by atoms with van der Waals surface area (Å²) in [6.45, 7) is 5.61. The van der Waals surface area contributed by atoms with Gasteiger partial charge in [-0.15, -0.1) is 26.3 Å². The largest absolute Gasteiger partial charge is 0.573 e. The number of nitrogens with zero attached hydrogens (tertiary/aromatic N) is 8. The van der Waals surface area contributed by atoms with Crippen LogP contribution in [0.5, 0.6) is 29.0 Å². The van der Waals surface area contributed by atoms with Gasteiger partial charge in [0.1, 0.15) is 23.0 Å². The lowest BCUT2D eigenvalue weighted by molar-refractivity contribution is -0.275. The van der Waals surface area contributed by atoms with Gasteiger partial charge in [0.25, 0.3) is 17.1 Å². The van der Waals surface area contributed by atoms with Crippen molar-refractivity contribution >= 4 is 61.5 Å². The van der Waals surface area contributed by atoms with Gasteiger partial charge in [0, 0.05) is 68.8 Å². The molecule has 18 nitrogen and oxygen atoms in total. The van der Waals surface area contributed by atoms with Crippen LogP contribution < -0.4 is 46.2 Å². The third kappa shape index (κ3) is 16.7. The van der Waals surface area contributed by atoms with Gasteiger partial charge >= 0.3 is 24.1 Å². The standard InChI is InChI=1S/C26H26ClF3N4O5.C16H16BrClN4O2.C10H11F3O3/c1-3-12-33-23(35)21-22(32(2)25(33)36)31-24(34(21)16-17-8-10-18(27)11-9-17)38-14-5-13-37-19-6-4-7-20(15-19)39-26(28,29)30;1-3-8-21-14(23)12-13(20(2)16(21)24)19-15(17)22(12)9-10-4-6-11(18)7-5-10;11-10(12,13)16-9-4-1-3-8(7-9)15-6-2-5-14/h4,6-11,15H,3,5,12-14,16H2,1-2H3;4-7H,3,8-9H2,1-2H3;1,3-4,7,14H,2,5-6H2. The topological polar surface area (TPSA) is 190 Å². The van der Waals surface area contributed by atoms with Crippen LogP contribution in [0.4, 0.5) is 26.3 Å². The van der Waals surface area contributed by atoms with Gasteiger partial charge in [-0.25, -0.2) is 14.6 Å². The van der Waals surface area contributed by atoms with E-state index in [1.165, 1.54) is 54.7 Å². The Hall–Kier alpha value is -7.22. The lowest BCUT2D eigenvalue weighted by atomic mass is 10.2. The molecule has 8 aromatic rings. The molecule has 0 aliphatic rings. The number of rotatable bonds is 20. The SMILES string of the molecule is CCCn1c(=O)c2c(nc(Br)n2Cc2ccc(Cl)cc2)n(C)c1=O.CCCn1c(=O)c2c(nc(OCCCOc3cccc(OC(F)(F)F)c3)n2Cc2ccc(Cl)cc2)n(C)c1=O.OCCCOc1cccc(OC(F)(F)F)c1. The third-order valence-electron chi connectivity index (χ3n) is 11.2. The van der Waals surface area contributed by atoms with Crippen molar-refractivity contribution in [2.24, 2.45) is 14.1 Å². The molecule has 8 rings (SSSR count). The van der Waals surface area contributed by atoms with Crippen LogP contribution in [0.1, 0.15) is 50.7 Å². The first-order valence-corrected chi connectivity index (χ1v) is 25.8. The molecule has 0 amide bonds. The van der Waals surface area contributed by atoms with Crippen LogP contribution in [-0.4, -0.2) is 81.6 Å². The van der Waals surface area contributed by atoms with E-state index in [2.05, 4.69) is 35.4 Å². The fourth-order valence-corrected chi connectivity index (χ4v) is 8.40. The maximum Gasteiger partial charge on any atom is 0.573 e. The Bertz CT molecular complexity index is 3580. The van der Waals surface area contributed by atoms with E-state index in [0.29, 0.717) is 64.7 Å². The van der Waals surface area contributed by atoms with Gasteiger partial charge < -0.3 is 33.4 Å². The first-order valence-electron chi connectivity index (χ1n) is 24.3. The van der Waals surface area contributed by atoms with Gasteiger partial charge in [-0.2, -0.15) is 4.98 Å². The zero-order valence-corrected chi connectivity index (χ0v) is 45.9. The molecule has 0 radical (unpaired) electrons. The van der Waals surface area contributed by atoms with Gasteiger partial charge in [0.15, 0.2) is 27.1 Å². The molecule has 0 bridgehead atoms. The summed E-state index contributed by atoms with van der Waals surface area (Å²) < 4.78 is 106. The quantitative estimate of drug-likeness (QED) is 0.0433. The third-order valence-corrected chi connectivity index (χ3v) is 12.3. The number of ether oxygens (including phenoxy) is 5. The number of benzene rings is 4. The summed E-state index contributed by atoms with van der Waals surface area (Å²) in [6.07, 6.45) is -7.43. The molecule has 0 fully saturated rings. The molecular weight excluding hydrogens is 1160 g/mol. The molecule has 1 N–H and O–H groups in total. The highest BCUT2D eigenvalue weighted by atomic mass is 79.9. The Kier molecular flexibility index (Phi) is 21.3. The molecule has 424 valence electrons. The molecule has 4 aromatic carbocycles. The van der Waals surface area contributed by atoms with Gasteiger partial charge in [0.2, 0.25) is 0 Å². The van der Waals surface area contributed by atoms with E-state index in [9.17, 15) is 45.5 Å². The first-order chi connectivity index (χ1) is 37.5. The summed E-state index contributed by atoms with van der Waals surface area (Å²) in [6, 6.07) is 25.1. The van der Waals surface area contributed by atoms with Crippen molar-refractivity contribution in [2.45, 2.75) is 78.4 Å². The number of fused-ring (bicyclic) bond motifs is 2. The van der Waals surface area contributed by atoms with Crippen LogP contribution in [0, 0.1) is 0 Å². The number of imidazole rings is 2. The minimum absolute atomic E-state index is 0.0290. The van der Waals surface area contributed by atoms with Crippen LogP contribution >= 0.6 is 39.1 Å². The Labute approximate surface area is 464 Å². The minimum atomic E-state index is -4.80. The molecule has 0 aliphatic carbocycles. The fourth-order valence-electron chi connectivity index (χ4n) is 7.67. The van der Waals surface area contributed by atoms with Crippen molar-refractivity contribution in [1.82, 2.24) is 37.4 Å². The van der Waals surface area contributed by atoms with Crippen molar-refractivity contribution < 1.29 is 55.1 Å². The predicted octanol–water partition coefficient (Wildman–Crippen LogP) is 9.87. The highest BCUT2D eigenvalue weighted by Crippen LogP contribution is 2.28. The second-order valence-electron chi connectivity index (χ2n) is 17.2. The summed E-state index contributed by atoms with van der Waals surface area (Å²) >= 11 is 15.3. The molecule has 0 saturated carbocycles. The van der Waals surface area contributed by atoms with Crippen molar-refractivity contribution in [3.63, 3.8) is 0 Å². The van der Waals surface area contributed by atoms with E-state index in [1.807, 2.05) is 38.1 Å². The molecule has 0 aliphatic heterocycles. The number of halogens is 9. The number of hydrogen-bond acceptors (Lipinski definition) is 12. The summed E-state index contributed by atoms with van der Waals surface area (Å²) in [5.74, 6) is -0.228. The molecule has 27 heteroatoms. The number of aliphatic hydroxyl groups is 1. The highest BCUT2D eigenvalue weighted by molar-refractivity contribution is 9.10. The molecule has 4 heterocycles. The summed E-state index contributed by atoms with van der Waals surface area (Å²) in [4.78, 5) is 60.1. The highest BCUT2D eigenvalue weighted by Gasteiger charge is 2.32. The number of aromatic nitrogens is 8. The molecular formula is C52H53BrCl2F6N8O10. The van der Waals surface area contributed by atoms with Crippen LogP contribution in [0.2, 0.25) is 10.0 Å². The number of alkyl halides is 6. The Balaban J connectivity index is 0.000000213. The summed E-state index contributed by atoms with van der Waals surface area (Å²) in [5.41, 5.74) is 1.42. The predicted molar refractivity (Wildman–Crippen MR) is 287 cm³/mol. The van der Waals surface area contributed by atoms with Crippen molar-refractivity contribution in [2.75, 3.05) is 26.4 Å². The summed E-state index contributed by atoms with van der Waals surface area (Å²) in [7, 11) is 3.17. The van der Waals surface area contributed by atoms with E-state index in [0.717, 1.165) is 23.3 Å². The van der Waals surface area contributed by atoms with Crippen LogP contribution in [0.3, 0.4) is 0 Å². The molecule has 0 atom stereocenters. The van der Waals surface area contributed by atoms with E-state index in [1.54, 1.807) is 47.5 Å². The molecule has 79 heavy (non-hydrogen) atoms. The van der Waals surface area contributed by atoms with Gasteiger partial charge in [0.05, 0.1) is 32.9 Å². The monoisotopic (exact) mass is 1210 g/mol. The summed E-state index contributed by atoms with van der Waals surface area (Å²) in [5, 5.41) is 9.72. The molecule has 0 spiro atoms. The smallest absolute Gasteiger partial charge is 0.493 e. The average molecular weight is 1210 g/mol. The fraction of sp³-hybridized carbons (Fsp3) is 0.346. The van der Waals surface area contributed by atoms with Crippen molar-refractivity contribution in [3.05, 3.63) is 165 Å². The second-order valence-corrected chi connectivity index (χ2v) is 18.7. The number of aliphatic hydroxyl groups excluding tert-OH is 1. The number of aryl methyl sites for hydroxylation is 2. The lowest BCUT2D eigenvalue weighted by Gasteiger charge is -2.12. The van der Waals surface area contributed by atoms with Crippen molar-refractivity contribution in [1.29, 1.82) is 0 Å². The van der Waals surface area contributed by atoms with Crippen LogP contribution in [0.15, 0.2) is 121 Å². The zero-order valence-electron chi connectivity index (χ0n) is 42.8. The lowest BCUT2D eigenvalue weighted by Crippen LogP contribution is -2.39. The Morgan fingerprint density at radius 1 is 0.557 bits per heavy atom. The van der Waals surface area contributed by atoms with Gasteiger partial charge in [-0.05, 0) is 88.4 Å². The molecule has 0 unspecified atom stereocenters. The van der Waals surface area contributed by atoms with E-state index in [4.69, 9.17) is 42.5 Å². The zero-order chi connectivity index (χ0) is 57.6. The first kappa shape index (κ1) is 61.0. The van der Waals surface area contributed by atoms with Crippen LogP contribution in [0.25, 0.3) is 22.3 Å². The maximum absolute atomic E-state index is 13.3. The Morgan fingerprint density at radius 2 is 0.962 bits per heavy atom. The van der Waals surface area contributed by atoms with Crippen LogP contribution in [-0.2, 0) is 40.3 Å². The average Bonchev–Trinajstić information content (AvgIpc) is 4.16. The Morgan fingerprint density at radius 3 is 1.41 bits per heavy atom.